The van der Waals surface area contributed by atoms with Gasteiger partial charge in [0.05, 0.1) is 16.7 Å². The fourth-order valence-corrected chi connectivity index (χ4v) is 2.27. The number of amides is 1. The molecular formula is C11H7Cl2N3O2S. The lowest BCUT2D eigenvalue weighted by Crippen LogP contribution is -2.17. The molecular weight excluding hydrogens is 309 g/mol. The van der Waals surface area contributed by atoms with Crippen LogP contribution in [0.3, 0.4) is 0 Å². The Labute approximate surface area is 122 Å². The number of hydrogen-bond donors (Lipinski definition) is 2. The first kappa shape index (κ1) is 13.8. The zero-order valence-corrected chi connectivity index (χ0v) is 11.6. The number of nitrogens with one attached hydrogen (secondary N) is 1. The summed E-state index contributed by atoms with van der Waals surface area (Å²) in [6.45, 7) is 0. The Balaban J connectivity index is 2.09. The van der Waals surface area contributed by atoms with E-state index >= 15 is 0 Å². The van der Waals surface area contributed by atoms with Crippen molar-refractivity contribution in [3.8, 4) is 5.75 Å². The first-order chi connectivity index (χ1) is 9.08. The summed E-state index contributed by atoms with van der Waals surface area (Å²) in [7, 11) is 0. The van der Waals surface area contributed by atoms with Gasteiger partial charge in [-0.3, -0.25) is 4.79 Å². The van der Waals surface area contributed by atoms with Crippen LogP contribution in [0.1, 0.15) is 16.1 Å². The lowest BCUT2D eigenvalue weighted by molar-refractivity contribution is 0.0951. The Kier molecular flexibility index (Phi) is 4.36. The normalized spacial score (nSPS) is 10.8. The highest BCUT2D eigenvalue weighted by atomic mass is 35.5. The van der Waals surface area contributed by atoms with Gasteiger partial charge in [0.2, 0.25) is 0 Å². The molecule has 98 valence electrons. The second-order valence-electron chi connectivity index (χ2n) is 3.40. The summed E-state index contributed by atoms with van der Waals surface area (Å²) >= 11 is 12.8. The quantitative estimate of drug-likeness (QED) is 0.675. The molecule has 0 saturated carbocycles. The van der Waals surface area contributed by atoms with Gasteiger partial charge in [-0.1, -0.05) is 23.2 Å². The standard InChI is InChI=1S/C11H7Cl2N3O2S/c12-7-1-6(10(17)8(13)2-7)3-15-16-11(18)9-4-19-5-14-9/h1-5,17H,(H,16,18)/b15-3+. The molecule has 0 spiro atoms. The molecule has 1 amide bonds. The molecule has 1 heterocycles. The first-order valence-electron chi connectivity index (χ1n) is 4.97. The lowest BCUT2D eigenvalue weighted by atomic mass is 10.2. The summed E-state index contributed by atoms with van der Waals surface area (Å²) in [6, 6.07) is 2.88. The lowest BCUT2D eigenvalue weighted by Gasteiger charge is -2.02. The molecule has 0 fully saturated rings. The van der Waals surface area contributed by atoms with E-state index in [4.69, 9.17) is 23.2 Å². The molecule has 19 heavy (non-hydrogen) atoms. The number of aromatic hydroxyl groups is 1. The monoisotopic (exact) mass is 315 g/mol. The largest absolute Gasteiger partial charge is 0.506 e. The van der Waals surface area contributed by atoms with Crippen LogP contribution in [-0.4, -0.2) is 22.2 Å². The van der Waals surface area contributed by atoms with E-state index in [9.17, 15) is 9.90 Å². The van der Waals surface area contributed by atoms with E-state index in [-0.39, 0.29) is 16.5 Å². The van der Waals surface area contributed by atoms with Gasteiger partial charge in [-0.05, 0) is 12.1 Å². The van der Waals surface area contributed by atoms with Crippen LogP contribution in [0.2, 0.25) is 10.0 Å². The number of carbonyl (C=O) groups excluding carboxylic acids is 1. The van der Waals surface area contributed by atoms with E-state index in [0.717, 1.165) is 0 Å². The fraction of sp³-hybridized carbons (Fsp3) is 0. The predicted octanol–water partition coefficient (Wildman–Crippen LogP) is 2.92. The van der Waals surface area contributed by atoms with Crippen molar-refractivity contribution in [1.82, 2.24) is 10.4 Å². The Morgan fingerprint density at radius 3 is 2.95 bits per heavy atom. The molecule has 2 N–H and O–H groups in total. The highest BCUT2D eigenvalue weighted by Gasteiger charge is 2.07. The SMILES string of the molecule is O=C(N/N=C/c1cc(Cl)cc(Cl)c1O)c1cscn1. The van der Waals surface area contributed by atoms with Crippen LogP contribution in [0.15, 0.2) is 28.1 Å². The van der Waals surface area contributed by atoms with Gasteiger partial charge >= 0.3 is 0 Å². The molecule has 0 unspecified atom stereocenters. The van der Waals surface area contributed by atoms with Crippen molar-refractivity contribution in [2.45, 2.75) is 0 Å². The maximum absolute atomic E-state index is 11.5. The number of nitrogens with zero attached hydrogens (tertiary/aromatic N) is 2. The number of hydrazone groups is 1. The molecule has 2 rings (SSSR count). The maximum Gasteiger partial charge on any atom is 0.290 e. The summed E-state index contributed by atoms with van der Waals surface area (Å²) in [5, 5.41) is 15.4. The molecule has 0 aliphatic heterocycles. The van der Waals surface area contributed by atoms with Crippen molar-refractivity contribution in [3.63, 3.8) is 0 Å². The number of aromatic nitrogens is 1. The van der Waals surface area contributed by atoms with E-state index in [0.29, 0.717) is 10.6 Å². The summed E-state index contributed by atoms with van der Waals surface area (Å²) in [4.78, 5) is 15.3. The zero-order valence-electron chi connectivity index (χ0n) is 9.30. The Morgan fingerprint density at radius 2 is 2.26 bits per heavy atom. The Morgan fingerprint density at radius 1 is 1.47 bits per heavy atom. The molecule has 0 atom stereocenters. The van der Waals surface area contributed by atoms with Crippen molar-refractivity contribution >= 4 is 46.7 Å². The van der Waals surface area contributed by atoms with Gasteiger partial charge in [0, 0.05) is 16.0 Å². The topological polar surface area (TPSA) is 74.6 Å². The molecule has 0 bridgehead atoms. The molecule has 1 aromatic carbocycles. The van der Waals surface area contributed by atoms with Crippen LogP contribution in [0.4, 0.5) is 0 Å². The smallest absolute Gasteiger partial charge is 0.290 e. The van der Waals surface area contributed by atoms with Crippen LogP contribution in [0.5, 0.6) is 5.75 Å². The van der Waals surface area contributed by atoms with Crippen molar-refractivity contribution in [2.24, 2.45) is 5.10 Å². The molecule has 5 nitrogen and oxygen atoms in total. The van der Waals surface area contributed by atoms with Gasteiger partial charge in [0.25, 0.3) is 5.91 Å². The van der Waals surface area contributed by atoms with E-state index in [2.05, 4.69) is 15.5 Å². The second-order valence-corrected chi connectivity index (χ2v) is 4.96. The number of rotatable bonds is 3. The summed E-state index contributed by atoms with van der Waals surface area (Å²) in [5.41, 5.74) is 4.40. The van der Waals surface area contributed by atoms with E-state index in [1.54, 1.807) is 10.9 Å². The average molecular weight is 316 g/mol. The summed E-state index contributed by atoms with van der Waals surface area (Å²) in [5.74, 6) is -0.595. The van der Waals surface area contributed by atoms with Crippen molar-refractivity contribution in [1.29, 1.82) is 0 Å². The predicted molar refractivity (Wildman–Crippen MR) is 75.3 cm³/mol. The van der Waals surface area contributed by atoms with Gasteiger partial charge in [0.15, 0.2) is 0 Å². The van der Waals surface area contributed by atoms with Crippen molar-refractivity contribution in [3.05, 3.63) is 44.3 Å². The highest BCUT2D eigenvalue weighted by molar-refractivity contribution is 7.07. The van der Waals surface area contributed by atoms with E-state index < -0.39 is 5.91 Å². The molecule has 0 aliphatic rings. The minimum Gasteiger partial charge on any atom is -0.506 e. The van der Waals surface area contributed by atoms with Crippen LogP contribution in [0, 0.1) is 0 Å². The number of carbonyl (C=O) groups is 1. The first-order valence-corrected chi connectivity index (χ1v) is 6.67. The minimum absolute atomic E-state index is 0.111. The zero-order chi connectivity index (χ0) is 13.8. The Hall–Kier alpha value is -1.63. The van der Waals surface area contributed by atoms with Crippen molar-refractivity contribution < 1.29 is 9.90 Å². The molecule has 8 heteroatoms. The average Bonchev–Trinajstić information content (AvgIpc) is 2.88. The number of thiazole rings is 1. The van der Waals surface area contributed by atoms with Crippen molar-refractivity contribution in [2.75, 3.05) is 0 Å². The van der Waals surface area contributed by atoms with Crippen LogP contribution in [0.25, 0.3) is 0 Å². The third-order valence-electron chi connectivity index (χ3n) is 2.09. The van der Waals surface area contributed by atoms with Gasteiger partial charge < -0.3 is 5.11 Å². The van der Waals surface area contributed by atoms with Gasteiger partial charge in [-0.15, -0.1) is 11.3 Å². The maximum atomic E-state index is 11.5. The minimum atomic E-state index is -0.440. The molecule has 1 aromatic heterocycles. The third kappa shape index (κ3) is 3.44. The van der Waals surface area contributed by atoms with Gasteiger partial charge in [-0.2, -0.15) is 5.10 Å². The summed E-state index contributed by atoms with van der Waals surface area (Å²) < 4.78 is 0. The fourth-order valence-electron chi connectivity index (χ4n) is 1.23. The van der Waals surface area contributed by atoms with E-state index in [1.807, 2.05) is 0 Å². The molecule has 0 saturated heterocycles. The van der Waals surface area contributed by atoms with Gasteiger partial charge in [-0.25, -0.2) is 10.4 Å². The second kappa shape index (κ2) is 6.01. The van der Waals surface area contributed by atoms with Crippen LogP contribution < -0.4 is 5.43 Å². The number of halogens is 2. The molecule has 2 aromatic rings. The van der Waals surface area contributed by atoms with E-state index in [1.165, 1.54) is 29.7 Å². The highest BCUT2D eigenvalue weighted by Crippen LogP contribution is 2.29. The number of hydrogen-bond acceptors (Lipinski definition) is 5. The van der Waals surface area contributed by atoms with Gasteiger partial charge in [0.1, 0.15) is 11.4 Å². The molecule has 0 aliphatic carbocycles. The molecule has 0 radical (unpaired) electrons. The third-order valence-corrected chi connectivity index (χ3v) is 3.19. The van der Waals surface area contributed by atoms with Crippen LogP contribution in [-0.2, 0) is 0 Å². The number of benzene rings is 1. The summed E-state index contributed by atoms with van der Waals surface area (Å²) in [6.07, 6.45) is 1.25. The number of phenolic OH excluding ortho intramolecular Hbond substituents is 1. The number of phenols is 1. The Bertz CT molecular complexity index is 629. The van der Waals surface area contributed by atoms with Crippen LogP contribution >= 0.6 is 34.5 Å².